The van der Waals surface area contributed by atoms with Gasteiger partial charge >= 0.3 is 59.5 Å². The molecular weight excluding hydrogens is 681 g/mol. The summed E-state index contributed by atoms with van der Waals surface area (Å²) in [6.07, 6.45) is -6.25. The van der Waals surface area contributed by atoms with Gasteiger partial charge in [-0.05, 0) is 37.7 Å². The van der Waals surface area contributed by atoms with Gasteiger partial charge in [0.1, 0.15) is 5.00 Å². The standard InChI is InChI=1S/C22H18F17NO3S/c1-2-8-43-13(41)11-9-6-4-3-5-7-10(9)44-12(11)40-14(42)15(23,24)16(25,26)17(27,28)18(29,30)19(31,32)20(33,34)21(35,36)22(37,38)39/h2-8H2,1H3,(H,40,42). The van der Waals surface area contributed by atoms with E-state index in [0.29, 0.717) is 19.3 Å². The summed E-state index contributed by atoms with van der Waals surface area (Å²) in [5, 5.41) is -0.179. The van der Waals surface area contributed by atoms with E-state index in [9.17, 15) is 84.2 Å². The van der Waals surface area contributed by atoms with E-state index in [1.165, 1.54) is 6.92 Å². The monoisotopic (exact) mass is 699 g/mol. The van der Waals surface area contributed by atoms with Crippen molar-refractivity contribution >= 4 is 28.2 Å². The number of rotatable bonds is 11. The zero-order valence-electron chi connectivity index (χ0n) is 21.5. The highest BCUT2D eigenvalue weighted by Crippen LogP contribution is 2.64. The largest absolute Gasteiger partial charge is 0.462 e. The zero-order valence-corrected chi connectivity index (χ0v) is 22.3. The van der Waals surface area contributed by atoms with Gasteiger partial charge in [0.25, 0.3) is 0 Å². The predicted octanol–water partition coefficient (Wildman–Crippen LogP) is 8.53. The SMILES string of the molecule is CCCOC(=O)c1c(NC(=O)C(F)(F)C(F)(F)C(F)(F)C(F)(F)C(F)(F)C(F)(F)C(F)(F)C(F)(F)F)sc2c1CCCCC2. The molecule has 1 aliphatic carbocycles. The van der Waals surface area contributed by atoms with Crippen LogP contribution in [0, 0.1) is 0 Å². The van der Waals surface area contributed by atoms with Crippen molar-refractivity contribution in [2.75, 3.05) is 11.9 Å². The van der Waals surface area contributed by atoms with Gasteiger partial charge in [0, 0.05) is 4.88 Å². The van der Waals surface area contributed by atoms with E-state index >= 15 is 0 Å². The summed E-state index contributed by atoms with van der Waals surface area (Å²) >= 11 is 0.262. The minimum atomic E-state index is -8.81. The lowest BCUT2D eigenvalue weighted by Gasteiger charge is -2.42. The van der Waals surface area contributed by atoms with Crippen molar-refractivity contribution in [1.29, 1.82) is 0 Å². The number of alkyl halides is 17. The molecule has 44 heavy (non-hydrogen) atoms. The Labute approximate surface area is 238 Å². The molecule has 0 aliphatic heterocycles. The van der Waals surface area contributed by atoms with E-state index in [1.54, 1.807) is 0 Å². The molecular formula is C22H18F17NO3S. The van der Waals surface area contributed by atoms with Gasteiger partial charge in [0.2, 0.25) is 0 Å². The number of fused-ring (bicyclic) bond motifs is 1. The van der Waals surface area contributed by atoms with Crippen molar-refractivity contribution in [3.63, 3.8) is 0 Å². The van der Waals surface area contributed by atoms with Crippen molar-refractivity contribution < 1.29 is 89.0 Å². The molecule has 1 aliphatic rings. The van der Waals surface area contributed by atoms with Crippen LogP contribution in [0.25, 0.3) is 0 Å². The molecule has 22 heteroatoms. The number of carbonyl (C=O) groups excluding carboxylic acids is 2. The number of ether oxygens (including phenoxy) is 1. The number of thiophene rings is 1. The molecule has 1 aromatic heterocycles. The summed E-state index contributed by atoms with van der Waals surface area (Å²) in [4.78, 5) is 24.8. The molecule has 0 unspecified atom stereocenters. The molecule has 1 heterocycles. The molecule has 0 spiro atoms. The summed E-state index contributed by atoms with van der Waals surface area (Å²) in [6, 6.07) is 0. The molecule has 0 radical (unpaired) electrons. The van der Waals surface area contributed by atoms with Crippen LogP contribution in [0.15, 0.2) is 0 Å². The number of esters is 1. The quantitative estimate of drug-likeness (QED) is 0.143. The van der Waals surface area contributed by atoms with E-state index in [4.69, 9.17) is 4.74 Å². The molecule has 1 N–H and O–H groups in total. The number of anilines is 1. The molecule has 2 rings (SSSR count). The second kappa shape index (κ2) is 11.7. The van der Waals surface area contributed by atoms with Crippen molar-refractivity contribution in [3.8, 4) is 0 Å². The van der Waals surface area contributed by atoms with Crippen molar-refractivity contribution in [1.82, 2.24) is 0 Å². The maximum absolute atomic E-state index is 14.5. The molecule has 4 nitrogen and oxygen atoms in total. The summed E-state index contributed by atoms with van der Waals surface area (Å²) in [5.74, 6) is -63.7. The molecule has 0 fully saturated rings. The first kappa shape index (κ1) is 37.6. The fourth-order valence-electron chi connectivity index (χ4n) is 3.80. The average Bonchev–Trinajstić information content (AvgIpc) is 3.05. The minimum Gasteiger partial charge on any atom is -0.462 e. The Morgan fingerprint density at radius 1 is 0.682 bits per heavy atom. The Bertz CT molecular complexity index is 1240. The first-order chi connectivity index (χ1) is 19.6. The molecule has 254 valence electrons. The molecule has 0 saturated heterocycles. The third kappa shape index (κ3) is 5.56. The molecule has 1 aromatic rings. The van der Waals surface area contributed by atoms with Crippen LogP contribution in [0.4, 0.5) is 79.6 Å². The number of halogens is 17. The number of nitrogens with one attached hydrogen (secondary N) is 1. The fourth-order valence-corrected chi connectivity index (χ4v) is 5.07. The fraction of sp³-hybridized carbons (Fsp3) is 0.727. The van der Waals surface area contributed by atoms with Crippen LogP contribution < -0.4 is 5.32 Å². The lowest BCUT2D eigenvalue weighted by atomic mass is 9.89. The smallest absolute Gasteiger partial charge is 0.460 e. The first-order valence-corrected chi connectivity index (χ1v) is 12.8. The summed E-state index contributed by atoms with van der Waals surface area (Å²) in [6.45, 7) is 1.17. The highest BCUT2D eigenvalue weighted by molar-refractivity contribution is 7.17. The molecule has 0 bridgehead atoms. The maximum atomic E-state index is 14.5. The highest BCUT2D eigenvalue weighted by atomic mass is 32.1. The van der Waals surface area contributed by atoms with Crippen molar-refractivity contribution in [3.05, 3.63) is 16.0 Å². The van der Waals surface area contributed by atoms with E-state index in [-0.39, 0.29) is 47.6 Å². The lowest BCUT2D eigenvalue weighted by molar-refractivity contribution is -0.459. The first-order valence-electron chi connectivity index (χ1n) is 11.9. The maximum Gasteiger partial charge on any atom is 0.460 e. The van der Waals surface area contributed by atoms with E-state index in [2.05, 4.69) is 0 Å². The molecule has 0 aromatic carbocycles. The van der Waals surface area contributed by atoms with E-state index in [0.717, 1.165) is 5.32 Å². The Balaban J connectivity index is 2.58. The summed E-state index contributed by atoms with van der Waals surface area (Å²) < 4.78 is 235. The second-order valence-electron chi connectivity index (χ2n) is 9.38. The predicted molar refractivity (Wildman–Crippen MR) is 115 cm³/mol. The van der Waals surface area contributed by atoms with Gasteiger partial charge in [-0.2, -0.15) is 74.6 Å². The van der Waals surface area contributed by atoms with Crippen molar-refractivity contribution in [2.45, 2.75) is 93.1 Å². The van der Waals surface area contributed by atoms with Gasteiger partial charge in [0.05, 0.1) is 12.2 Å². The molecule has 1 amide bonds. The van der Waals surface area contributed by atoms with Crippen LogP contribution in [0.1, 0.15) is 53.4 Å². The van der Waals surface area contributed by atoms with Crippen molar-refractivity contribution in [2.24, 2.45) is 0 Å². The second-order valence-corrected chi connectivity index (χ2v) is 10.5. The van der Waals surface area contributed by atoms with Crippen LogP contribution >= 0.6 is 11.3 Å². The van der Waals surface area contributed by atoms with Gasteiger partial charge in [-0.1, -0.05) is 13.3 Å². The number of carbonyl (C=O) groups is 2. The Morgan fingerprint density at radius 3 is 1.61 bits per heavy atom. The normalized spacial score (nSPS) is 16.3. The number of aryl methyl sites for hydroxylation is 1. The van der Waals surface area contributed by atoms with Gasteiger partial charge in [-0.3, -0.25) is 4.79 Å². The average molecular weight is 699 g/mol. The number of hydrogen-bond acceptors (Lipinski definition) is 4. The van der Waals surface area contributed by atoms with Gasteiger partial charge in [-0.15, -0.1) is 11.3 Å². The third-order valence-corrected chi connectivity index (χ3v) is 7.50. The highest BCUT2D eigenvalue weighted by Gasteiger charge is 2.95. The Kier molecular flexibility index (Phi) is 9.98. The molecule has 0 saturated carbocycles. The molecule has 0 atom stereocenters. The number of amides is 1. The van der Waals surface area contributed by atoms with Crippen LogP contribution in [-0.2, 0) is 22.4 Å². The summed E-state index contributed by atoms with van der Waals surface area (Å²) in [5.41, 5.74) is -0.686. The Morgan fingerprint density at radius 2 is 1.14 bits per heavy atom. The van der Waals surface area contributed by atoms with Gasteiger partial charge in [0.15, 0.2) is 0 Å². The Hall–Kier alpha value is -2.55. The van der Waals surface area contributed by atoms with E-state index < -0.39 is 70.1 Å². The van der Waals surface area contributed by atoms with Gasteiger partial charge in [-0.25, -0.2) is 4.79 Å². The van der Waals surface area contributed by atoms with Crippen LogP contribution in [0.2, 0.25) is 0 Å². The third-order valence-electron chi connectivity index (χ3n) is 6.30. The summed E-state index contributed by atoms with van der Waals surface area (Å²) in [7, 11) is 0. The lowest BCUT2D eigenvalue weighted by Crippen LogP contribution is -2.75. The topological polar surface area (TPSA) is 55.4 Å². The zero-order chi connectivity index (χ0) is 34.5. The van der Waals surface area contributed by atoms with Crippen LogP contribution in [0.3, 0.4) is 0 Å². The minimum absolute atomic E-state index is 0.0148. The number of hydrogen-bond donors (Lipinski definition) is 1. The van der Waals surface area contributed by atoms with Crippen LogP contribution in [-0.4, -0.2) is 66.1 Å². The van der Waals surface area contributed by atoms with E-state index in [1.807, 2.05) is 0 Å². The van der Waals surface area contributed by atoms with Gasteiger partial charge < -0.3 is 10.1 Å². The van der Waals surface area contributed by atoms with Crippen LogP contribution in [0.5, 0.6) is 0 Å².